The summed E-state index contributed by atoms with van der Waals surface area (Å²) in [6.45, 7) is 0. The quantitative estimate of drug-likeness (QED) is 0.896. The van der Waals surface area contributed by atoms with Gasteiger partial charge in [-0.2, -0.15) is 0 Å². The van der Waals surface area contributed by atoms with Crippen molar-refractivity contribution in [2.75, 3.05) is 26.0 Å². The van der Waals surface area contributed by atoms with Crippen molar-refractivity contribution < 1.29 is 4.39 Å². The predicted molar refractivity (Wildman–Crippen MR) is 87.7 cm³/mol. The van der Waals surface area contributed by atoms with Crippen molar-refractivity contribution in [3.63, 3.8) is 0 Å². The van der Waals surface area contributed by atoms with Gasteiger partial charge in [0.15, 0.2) is 0 Å². The number of halogens is 2. The summed E-state index contributed by atoms with van der Waals surface area (Å²) in [4.78, 5) is 2.05. The second-order valence-corrected chi connectivity index (χ2v) is 5.64. The largest absolute Gasteiger partial charge is 0.378 e. The molecule has 2 rings (SSSR count). The third kappa shape index (κ3) is 3.74. The van der Waals surface area contributed by atoms with Gasteiger partial charge in [0.2, 0.25) is 0 Å². The van der Waals surface area contributed by atoms with Crippen molar-refractivity contribution in [3.05, 3.63) is 64.4 Å². The van der Waals surface area contributed by atoms with Crippen LogP contribution in [0.1, 0.15) is 17.2 Å². The number of anilines is 1. The molecule has 0 radical (unpaired) electrons. The van der Waals surface area contributed by atoms with Gasteiger partial charge in [-0.25, -0.2) is 4.39 Å². The van der Waals surface area contributed by atoms with E-state index in [-0.39, 0.29) is 11.9 Å². The first kappa shape index (κ1) is 15.8. The number of rotatable bonds is 5. The SMILES string of the molecule is CNC(Cc1c(F)cccc1Cl)c1cccc(N(C)C)c1. The van der Waals surface area contributed by atoms with E-state index in [1.165, 1.54) is 6.07 Å². The maximum absolute atomic E-state index is 13.9. The molecule has 0 saturated carbocycles. The summed E-state index contributed by atoms with van der Waals surface area (Å²) in [5.41, 5.74) is 2.78. The summed E-state index contributed by atoms with van der Waals surface area (Å²) in [6.07, 6.45) is 0.513. The molecular weight excluding hydrogens is 287 g/mol. The van der Waals surface area contributed by atoms with Crippen LogP contribution in [0.25, 0.3) is 0 Å². The molecule has 0 aliphatic heterocycles. The van der Waals surface area contributed by atoms with E-state index in [1.54, 1.807) is 12.1 Å². The van der Waals surface area contributed by atoms with Gasteiger partial charge in [0.05, 0.1) is 0 Å². The van der Waals surface area contributed by atoms with E-state index in [9.17, 15) is 4.39 Å². The monoisotopic (exact) mass is 306 g/mol. The van der Waals surface area contributed by atoms with E-state index in [4.69, 9.17) is 11.6 Å². The normalized spacial score (nSPS) is 12.2. The Bertz CT molecular complexity index is 593. The lowest BCUT2D eigenvalue weighted by Crippen LogP contribution is -2.20. The molecule has 2 aromatic carbocycles. The fourth-order valence-corrected chi connectivity index (χ4v) is 2.58. The minimum absolute atomic E-state index is 0.0132. The third-order valence-electron chi connectivity index (χ3n) is 3.61. The summed E-state index contributed by atoms with van der Waals surface area (Å²) in [5, 5.41) is 3.71. The summed E-state index contributed by atoms with van der Waals surface area (Å²) in [6, 6.07) is 13.0. The van der Waals surface area contributed by atoms with E-state index >= 15 is 0 Å². The zero-order valence-corrected chi connectivity index (χ0v) is 13.3. The number of nitrogens with one attached hydrogen (secondary N) is 1. The molecule has 0 fully saturated rings. The molecule has 1 unspecified atom stereocenters. The van der Waals surface area contributed by atoms with Crippen LogP contribution in [0.15, 0.2) is 42.5 Å². The second kappa shape index (κ2) is 6.92. The summed E-state index contributed by atoms with van der Waals surface area (Å²) in [5.74, 6) is -0.258. The van der Waals surface area contributed by atoms with Gasteiger partial charge in [0, 0.05) is 36.4 Å². The lowest BCUT2D eigenvalue weighted by molar-refractivity contribution is 0.554. The fourth-order valence-electron chi connectivity index (χ4n) is 2.34. The number of nitrogens with zero attached hydrogens (tertiary/aromatic N) is 1. The molecule has 0 heterocycles. The van der Waals surface area contributed by atoms with Gasteiger partial charge < -0.3 is 10.2 Å². The van der Waals surface area contributed by atoms with Crippen molar-refractivity contribution in [1.82, 2.24) is 5.32 Å². The van der Waals surface area contributed by atoms with Gasteiger partial charge in [-0.3, -0.25) is 0 Å². The average molecular weight is 307 g/mol. The molecule has 21 heavy (non-hydrogen) atoms. The van der Waals surface area contributed by atoms with E-state index in [2.05, 4.69) is 11.4 Å². The van der Waals surface area contributed by atoms with Crippen LogP contribution in [-0.2, 0) is 6.42 Å². The smallest absolute Gasteiger partial charge is 0.127 e. The third-order valence-corrected chi connectivity index (χ3v) is 3.96. The number of benzene rings is 2. The van der Waals surface area contributed by atoms with Crippen molar-refractivity contribution in [2.45, 2.75) is 12.5 Å². The summed E-state index contributed by atoms with van der Waals surface area (Å²) < 4.78 is 13.9. The molecule has 2 aromatic rings. The zero-order valence-electron chi connectivity index (χ0n) is 12.5. The maximum Gasteiger partial charge on any atom is 0.127 e. The first-order valence-electron chi connectivity index (χ1n) is 6.90. The Morgan fingerprint density at radius 1 is 1.19 bits per heavy atom. The highest BCUT2D eigenvalue weighted by Gasteiger charge is 2.15. The highest BCUT2D eigenvalue weighted by atomic mass is 35.5. The second-order valence-electron chi connectivity index (χ2n) is 5.24. The van der Waals surface area contributed by atoms with Gasteiger partial charge in [-0.15, -0.1) is 0 Å². The van der Waals surface area contributed by atoms with Gasteiger partial charge in [0.1, 0.15) is 5.82 Å². The van der Waals surface area contributed by atoms with E-state index < -0.39 is 0 Å². The lowest BCUT2D eigenvalue weighted by Gasteiger charge is -2.20. The molecule has 0 aliphatic carbocycles. The first-order chi connectivity index (χ1) is 10.0. The van der Waals surface area contributed by atoms with Crippen LogP contribution in [0.3, 0.4) is 0 Å². The van der Waals surface area contributed by atoms with Crippen LogP contribution < -0.4 is 10.2 Å². The predicted octanol–water partition coefficient (Wildman–Crippen LogP) is 4.05. The topological polar surface area (TPSA) is 15.3 Å². The van der Waals surface area contributed by atoms with E-state index in [0.717, 1.165) is 11.3 Å². The van der Waals surface area contributed by atoms with Crippen molar-refractivity contribution in [1.29, 1.82) is 0 Å². The van der Waals surface area contributed by atoms with Crippen LogP contribution >= 0.6 is 11.6 Å². The van der Waals surface area contributed by atoms with Crippen molar-refractivity contribution in [3.8, 4) is 0 Å². The Balaban J connectivity index is 2.30. The van der Waals surface area contributed by atoms with E-state index in [0.29, 0.717) is 17.0 Å². The number of hydrogen-bond donors (Lipinski definition) is 1. The van der Waals surface area contributed by atoms with Crippen LogP contribution in [-0.4, -0.2) is 21.1 Å². The molecule has 1 atom stereocenters. The maximum atomic E-state index is 13.9. The molecule has 4 heteroatoms. The molecular formula is C17H20ClFN2. The Labute approximate surface area is 130 Å². The summed E-state index contributed by atoms with van der Waals surface area (Å²) >= 11 is 6.12. The van der Waals surface area contributed by atoms with Crippen LogP contribution in [0.4, 0.5) is 10.1 Å². The van der Waals surface area contributed by atoms with Crippen LogP contribution in [0.2, 0.25) is 5.02 Å². The fraction of sp³-hybridized carbons (Fsp3) is 0.294. The lowest BCUT2D eigenvalue weighted by atomic mass is 9.98. The molecule has 0 bridgehead atoms. The van der Waals surface area contributed by atoms with Crippen LogP contribution in [0, 0.1) is 5.82 Å². The van der Waals surface area contributed by atoms with Crippen LogP contribution in [0.5, 0.6) is 0 Å². The first-order valence-corrected chi connectivity index (χ1v) is 7.28. The van der Waals surface area contributed by atoms with Gasteiger partial charge in [-0.05, 0) is 43.3 Å². The Kier molecular flexibility index (Phi) is 5.21. The number of hydrogen-bond acceptors (Lipinski definition) is 2. The molecule has 0 aliphatic rings. The molecule has 0 saturated heterocycles. The highest BCUT2D eigenvalue weighted by molar-refractivity contribution is 6.31. The minimum Gasteiger partial charge on any atom is -0.378 e. The van der Waals surface area contributed by atoms with Crippen molar-refractivity contribution in [2.24, 2.45) is 0 Å². The summed E-state index contributed by atoms with van der Waals surface area (Å²) in [7, 11) is 5.88. The average Bonchev–Trinajstić information content (AvgIpc) is 2.47. The van der Waals surface area contributed by atoms with Crippen molar-refractivity contribution >= 4 is 17.3 Å². The molecule has 1 N–H and O–H groups in total. The molecule has 2 nitrogen and oxygen atoms in total. The standard InChI is InChI=1S/C17H20ClFN2/c1-20-17(11-14-15(18)8-5-9-16(14)19)12-6-4-7-13(10-12)21(2)3/h4-10,17,20H,11H2,1-3H3. The molecule has 0 spiro atoms. The highest BCUT2D eigenvalue weighted by Crippen LogP contribution is 2.27. The van der Waals surface area contributed by atoms with Gasteiger partial charge in [-0.1, -0.05) is 29.8 Å². The van der Waals surface area contributed by atoms with E-state index in [1.807, 2.05) is 44.2 Å². The molecule has 0 aromatic heterocycles. The Morgan fingerprint density at radius 3 is 2.52 bits per heavy atom. The zero-order chi connectivity index (χ0) is 15.4. The minimum atomic E-state index is -0.258. The molecule has 0 amide bonds. The Morgan fingerprint density at radius 2 is 1.90 bits per heavy atom. The van der Waals surface area contributed by atoms with Gasteiger partial charge >= 0.3 is 0 Å². The Hall–Kier alpha value is -1.58. The molecule has 112 valence electrons. The van der Waals surface area contributed by atoms with Gasteiger partial charge in [0.25, 0.3) is 0 Å². The number of likely N-dealkylation sites (N-methyl/N-ethyl adjacent to an activating group) is 1.